The van der Waals surface area contributed by atoms with Crippen molar-refractivity contribution in [2.45, 2.75) is 10.5 Å². The van der Waals surface area contributed by atoms with Crippen LogP contribution in [0.15, 0.2) is 47.4 Å². The number of ether oxygens (including phenoxy) is 1. The average molecular weight is 431 g/mol. The summed E-state index contributed by atoms with van der Waals surface area (Å²) < 4.78 is 46.2. The van der Waals surface area contributed by atoms with Crippen molar-refractivity contribution in [3.63, 3.8) is 0 Å². The van der Waals surface area contributed by atoms with Gasteiger partial charge in [-0.2, -0.15) is 14.8 Å². The summed E-state index contributed by atoms with van der Waals surface area (Å²) in [6, 6.07) is 12.9. The summed E-state index contributed by atoms with van der Waals surface area (Å²) in [5.41, 5.74) is -1.96. The molecule has 0 radical (unpaired) electrons. The summed E-state index contributed by atoms with van der Waals surface area (Å²) in [4.78, 5) is -0.191. The van der Waals surface area contributed by atoms with Gasteiger partial charge in [-0.1, -0.05) is 12.1 Å². The SMILES string of the molecule is N#Cc1ccc(OC[C@H]2CN(S(=O)(=O)c3ccccc3C#N)C[C@@]2(O)CO)cc1F. The van der Waals surface area contributed by atoms with Crippen LogP contribution in [0.1, 0.15) is 11.1 Å². The molecule has 1 aliphatic rings. The molecular formula is C20H18FN3O5S. The van der Waals surface area contributed by atoms with Crippen molar-refractivity contribution < 1.29 is 27.8 Å². The first-order chi connectivity index (χ1) is 14.2. The molecule has 1 fully saturated rings. The van der Waals surface area contributed by atoms with E-state index in [-0.39, 0.29) is 41.5 Å². The second kappa shape index (κ2) is 8.38. The van der Waals surface area contributed by atoms with E-state index in [1.165, 1.54) is 30.3 Å². The fourth-order valence-electron chi connectivity index (χ4n) is 3.28. The molecule has 30 heavy (non-hydrogen) atoms. The molecule has 2 aromatic carbocycles. The van der Waals surface area contributed by atoms with Gasteiger partial charge in [-0.15, -0.1) is 0 Å². The van der Waals surface area contributed by atoms with E-state index < -0.39 is 34.0 Å². The maximum atomic E-state index is 13.7. The minimum Gasteiger partial charge on any atom is -0.493 e. The van der Waals surface area contributed by atoms with Gasteiger partial charge < -0.3 is 14.9 Å². The number of halogens is 1. The van der Waals surface area contributed by atoms with Gasteiger partial charge in [-0.3, -0.25) is 0 Å². The predicted octanol–water partition coefficient (Wildman–Crippen LogP) is 0.992. The van der Waals surface area contributed by atoms with E-state index in [1.54, 1.807) is 12.1 Å². The molecule has 0 saturated carbocycles. The largest absolute Gasteiger partial charge is 0.493 e. The summed E-state index contributed by atoms with van der Waals surface area (Å²) in [5.74, 6) is -1.48. The van der Waals surface area contributed by atoms with Crippen LogP contribution in [0.5, 0.6) is 5.75 Å². The van der Waals surface area contributed by atoms with Crippen LogP contribution in [-0.4, -0.2) is 54.8 Å². The van der Waals surface area contributed by atoms with Gasteiger partial charge in [0, 0.05) is 25.1 Å². The molecule has 1 aliphatic heterocycles. The van der Waals surface area contributed by atoms with E-state index in [9.17, 15) is 28.3 Å². The number of hydrogen-bond acceptors (Lipinski definition) is 7. The summed E-state index contributed by atoms with van der Waals surface area (Å²) in [7, 11) is -4.11. The third-order valence-corrected chi connectivity index (χ3v) is 6.92. The third kappa shape index (κ3) is 3.99. The van der Waals surface area contributed by atoms with Crippen LogP contribution in [0.3, 0.4) is 0 Å². The highest BCUT2D eigenvalue weighted by atomic mass is 32.2. The standard InChI is InChI=1S/C20H18FN3O5S/c21-18-7-17(6-5-14(18)8-22)29-11-16-10-24(12-20(16,26)13-25)30(27,28)19-4-2-1-3-15(19)9-23/h1-7,16,25-26H,10-13H2/t16-,20-/m1/s1. The van der Waals surface area contributed by atoms with Gasteiger partial charge in [0.25, 0.3) is 0 Å². The van der Waals surface area contributed by atoms with Crippen LogP contribution >= 0.6 is 0 Å². The Morgan fingerprint density at radius 2 is 1.90 bits per heavy atom. The van der Waals surface area contributed by atoms with Crippen LogP contribution in [0.2, 0.25) is 0 Å². The normalized spacial score (nSPS) is 21.7. The van der Waals surface area contributed by atoms with E-state index in [2.05, 4.69) is 0 Å². The molecule has 1 saturated heterocycles. The van der Waals surface area contributed by atoms with Crippen molar-refractivity contribution in [1.29, 1.82) is 10.5 Å². The second-order valence-corrected chi connectivity index (χ2v) is 8.83. The molecule has 2 aromatic rings. The van der Waals surface area contributed by atoms with Crippen molar-refractivity contribution >= 4 is 10.0 Å². The van der Waals surface area contributed by atoms with Gasteiger partial charge in [0.2, 0.25) is 10.0 Å². The number of rotatable bonds is 6. The summed E-state index contributed by atoms with van der Waals surface area (Å²) >= 11 is 0. The number of sulfonamides is 1. The lowest BCUT2D eigenvalue weighted by molar-refractivity contribution is -0.0452. The topological polar surface area (TPSA) is 135 Å². The molecular weight excluding hydrogens is 413 g/mol. The van der Waals surface area contributed by atoms with Crippen LogP contribution in [0.25, 0.3) is 0 Å². The molecule has 0 spiro atoms. The minimum atomic E-state index is -4.11. The molecule has 2 N–H and O–H groups in total. The first-order valence-electron chi connectivity index (χ1n) is 8.90. The Labute approximate surface area is 173 Å². The Bertz CT molecular complexity index is 1140. The van der Waals surface area contributed by atoms with Crippen LogP contribution in [-0.2, 0) is 10.0 Å². The zero-order valence-electron chi connectivity index (χ0n) is 15.7. The van der Waals surface area contributed by atoms with Crippen LogP contribution < -0.4 is 4.74 Å². The third-order valence-electron chi connectivity index (χ3n) is 5.05. The number of nitrogens with zero attached hydrogens (tertiary/aromatic N) is 3. The molecule has 0 amide bonds. The van der Waals surface area contributed by atoms with Crippen LogP contribution in [0, 0.1) is 34.4 Å². The number of benzene rings is 2. The highest BCUT2D eigenvalue weighted by Gasteiger charge is 2.49. The Morgan fingerprint density at radius 1 is 1.20 bits per heavy atom. The number of aliphatic hydroxyl groups excluding tert-OH is 1. The Kier molecular flexibility index (Phi) is 6.06. The molecule has 0 aromatic heterocycles. The van der Waals surface area contributed by atoms with E-state index in [1.807, 2.05) is 6.07 Å². The van der Waals surface area contributed by atoms with E-state index in [0.29, 0.717) is 0 Å². The zero-order valence-corrected chi connectivity index (χ0v) is 16.5. The average Bonchev–Trinajstić information content (AvgIpc) is 3.10. The quantitative estimate of drug-likeness (QED) is 0.696. The molecule has 1 heterocycles. The van der Waals surface area contributed by atoms with Crippen LogP contribution in [0.4, 0.5) is 4.39 Å². The fourth-order valence-corrected chi connectivity index (χ4v) is 4.97. The highest BCUT2D eigenvalue weighted by molar-refractivity contribution is 7.89. The van der Waals surface area contributed by atoms with E-state index in [4.69, 9.17) is 10.00 Å². The first kappa shape index (κ1) is 21.7. The Morgan fingerprint density at radius 3 is 2.53 bits per heavy atom. The Balaban J connectivity index is 1.81. The van der Waals surface area contributed by atoms with Crippen molar-refractivity contribution in [3.05, 3.63) is 59.4 Å². The van der Waals surface area contributed by atoms with Gasteiger partial charge in [0.1, 0.15) is 29.3 Å². The van der Waals surface area contributed by atoms with Gasteiger partial charge in [0.15, 0.2) is 0 Å². The highest BCUT2D eigenvalue weighted by Crippen LogP contribution is 2.33. The zero-order chi connectivity index (χ0) is 21.9. The Hall–Kier alpha value is -3.02. The van der Waals surface area contributed by atoms with E-state index >= 15 is 0 Å². The smallest absolute Gasteiger partial charge is 0.244 e. The van der Waals surface area contributed by atoms with Crippen molar-refractivity contribution in [2.24, 2.45) is 5.92 Å². The molecule has 2 atom stereocenters. The molecule has 3 rings (SSSR count). The molecule has 156 valence electrons. The maximum absolute atomic E-state index is 13.7. The second-order valence-electron chi connectivity index (χ2n) is 6.93. The monoisotopic (exact) mass is 431 g/mol. The molecule has 0 unspecified atom stereocenters. The van der Waals surface area contributed by atoms with Gasteiger partial charge >= 0.3 is 0 Å². The van der Waals surface area contributed by atoms with Crippen molar-refractivity contribution in [3.8, 4) is 17.9 Å². The van der Waals surface area contributed by atoms with Crippen molar-refractivity contribution in [2.75, 3.05) is 26.3 Å². The number of hydrogen-bond donors (Lipinski definition) is 2. The molecule has 0 aliphatic carbocycles. The van der Waals surface area contributed by atoms with Gasteiger partial charge in [0.05, 0.1) is 29.2 Å². The fraction of sp³-hybridized carbons (Fsp3) is 0.300. The number of aliphatic hydroxyl groups is 2. The van der Waals surface area contributed by atoms with Crippen molar-refractivity contribution in [1.82, 2.24) is 4.31 Å². The summed E-state index contributed by atoms with van der Waals surface area (Å²) in [6.45, 7) is -1.47. The lowest BCUT2D eigenvalue weighted by Crippen LogP contribution is -2.44. The number of nitriles is 2. The first-order valence-corrected chi connectivity index (χ1v) is 10.3. The van der Waals surface area contributed by atoms with Gasteiger partial charge in [-0.05, 0) is 24.3 Å². The lowest BCUT2D eigenvalue weighted by atomic mass is 9.92. The lowest BCUT2D eigenvalue weighted by Gasteiger charge is -2.26. The maximum Gasteiger partial charge on any atom is 0.244 e. The van der Waals surface area contributed by atoms with E-state index in [0.717, 1.165) is 10.4 Å². The minimum absolute atomic E-state index is 0.0298. The predicted molar refractivity (Wildman–Crippen MR) is 102 cm³/mol. The summed E-state index contributed by atoms with van der Waals surface area (Å²) in [6.07, 6.45) is 0. The molecule has 8 nitrogen and oxygen atoms in total. The molecule has 10 heteroatoms. The number of β-amino-alcohol motifs (C(OH)–C–C–N with tert-alkyl or cyclic N) is 1. The van der Waals surface area contributed by atoms with Gasteiger partial charge in [-0.25, -0.2) is 12.8 Å². The molecule has 0 bridgehead atoms. The summed E-state index contributed by atoms with van der Waals surface area (Å²) in [5, 5.41) is 38.4.